The van der Waals surface area contributed by atoms with Crippen LogP contribution in [0.2, 0.25) is 0 Å². The molecule has 0 unspecified atom stereocenters. The lowest BCUT2D eigenvalue weighted by Gasteiger charge is -2.16. The van der Waals surface area contributed by atoms with Crippen molar-refractivity contribution < 1.29 is 0 Å². The van der Waals surface area contributed by atoms with Gasteiger partial charge in [0.05, 0.1) is 0 Å². The third-order valence-electron chi connectivity index (χ3n) is 4.11. The molecule has 1 aliphatic carbocycles. The maximum absolute atomic E-state index is 4.38. The van der Waals surface area contributed by atoms with Crippen molar-refractivity contribution in [1.82, 2.24) is 4.98 Å². The van der Waals surface area contributed by atoms with Crippen LogP contribution in [-0.2, 0) is 0 Å². The van der Waals surface area contributed by atoms with E-state index in [1.54, 1.807) is 11.3 Å². The molecule has 1 N–H and O–H groups in total. The minimum atomic E-state index is 0.848. The summed E-state index contributed by atoms with van der Waals surface area (Å²) in [5, 5.41) is 6.75. The summed E-state index contributed by atoms with van der Waals surface area (Å²) in [6.45, 7) is 1.11. The zero-order valence-electron chi connectivity index (χ0n) is 11.8. The van der Waals surface area contributed by atoms with E-state index in [4.69, 9.17) is 0 Å². The van der Waals surface area contributed by atoms with Crippen molar-refractivity contribution in [3.8, 4) is 10.6 Å². The first-order valence-electron chi connectivity index (χ1n) is 7.65. The average molecular weight is 286 g/mol. The summed E-state index contributed by atoms with van der Waals surface area (Å²) < 4.78 is 0. The van der Waals surface area contributed by atoms with Crippen LogP contribution in [-0.4, -0.2) is 11.5 Å². The molecular formula is C17H22N2S. The molecule has 106 valence electrons. The van der Waals surface area contributed by atoms with Gasteiger partial charge in [0.25, 0.3) is 0 Å². The summed E-state index contributed by atoms with van der Waals surface area (Å²) in [7, 11) is 0. The van der Waals surface area contributed by atoms with Crippen LogP contribution in [0.25, 0.3) is 10.6 Å². The highest BCUT2D eigenvalue weighted by molar-refractivity contribution is 7.13. The standard InChI is InChI=1S/C17H22N2S/c1-2-4-7-14(6-3-1)13-19-16-9-5-8-15(12-16)17-18-10-11-20-17/h5,8-12,14,19H,1-4,6-7,13H2. The van der Waals surface area contributed by atoms with Gasteiger partial charge in [0.15, 0.2) is 0 Å². The Hall–Kier alpha value is -1.35. The third-order valence-corrected chi connectivity index (χ3v) is 4.93. The first kappa shape index (κ1) is 13.6. The Morgan fingerprint density at radius 2 is 2.00 bits per heavy atom. The first-order valence-corrected chi connectivity index (χ1v) is 8.53. The fourth-order valence-electron chi connectivity index (χ4n) is 2.96. The maximum Gasteiger partial charge on any atom is 0.123 e. The number of anilines is 1. The Labute approximate surface area is 125 Å². The summed E-state index contributed by atoms with van der Waals surface area (Å²) >= 11 is 1.69. The van der Waals surface area contributed by atoms with Crippen LogP contribution in [0.1, 0.15) is 38.5 Å². The van der Waals surface area contributed by atoms with Gasteiger partial charge in [0, 0.05) is 29.4 Å². The lowest BCUT2D eigenvalue weighted by Crippen LogP contribution is -2.13. The largest absolute Gasteiger partial charge is 0.385 e. The molecule has 1 fully saturated rings. The highest BCUT2D eigenvalue weighted by Crippen LogP contribution is 2.26. The fraction of sp³-hybridized carbons (Fsp3) is 0.471. The van der Waals surface area contributed by atoms with E-state index in [1.807, 2.05) is 11.6 Å². The van der Waals surface area contributed by atoms with Crippen LogP contribution in [0.15, 0.2) is 35.8 Å². The predicted molar refractivity (Wildman–Crippen MR) is 87.2 cm³/mol. The van der Waals surface area contributed by atoms with Gasteiger partial charge in [-0.2, -0.15) is 0 Å². The Morgan fingerprint density at radius 1 is 1.15 bits per heavy atom. The monoisotopic (exact) mass is 286 g/mol. The number of hydrogen-bond donors (Lipinski definition) is 1. The van der Waals surface area contributed by atoms with Crippen molar-refractivity contribution in [2.24, 2.45) is 5.92 Å². The number of nitrogens with one attached hydrogen (secondary N) is 1. The van der Waals surface area contributed by atoms with Gasteiger partial charge < -0.3 is 5.32 Å². The molecule has 1 aromatic carbocycles. The van der Waals surface area contributed by atoms with Crippen LogP contribution >= 0.6 is 11.3 Å². The molecule has 0 aliphatic heterocycles. The van der Waals surface area contributed by atoms with Crippen molar-refractivity contribution in [1.29, 1.82) is 0 Å². The van der Waals surface area contributed by atoms with Gasteiger partial charge in [-0.3, -0.25) is 0 Å². The Morgan fingerprint density at radius 3 is 2.75 bits per heavy atom. The summed E-state index contributed by atoms with van der Waals surface area (Å²) in [4.78, 5) is 4.38. The minimum absolute atomic E-state index is 0.848. The summed E-state index contributed by atoms with van der Waals surface area (Å²) in [6.07, 6.45) is 10.3. The van der Waals surface area contributed by atoms with E-state index in [-0.39, 0.29) is 0 Å². The zero-order chi connectivity index (χ0) is 13.6. The van der Waals surface area contributed by atoms with E-state index in [1.165, 1.54) is 49.8 Å². The van der Waals surface area contributed by atoms with Gasteiger partial charge in [0.1, 0.15) is 5.01 Å². The van der Waals surface area contributed by atoms with Crippen LogP contribution in [0.5, 0.6) is 0 Å². The van der Waals surface area contributed by atoms with Crippen LogP contribution in [0.3, 0.4) is 0 Å². The van der Waals surface area contributed by atoms with E-state index in [0.717, 1.165) is 17.5 Å². The molecule has 1 aromatic heterocycles. The van der Waals surface area contributed by atoms with Gasteiger partial charge in [-0.15, -0.1) is 11.3 Å². The fourth-order valence-corrected chi connectivity index (χ4v) is 3.59. The predicted octanol–water partition coefficient (Wildman–Crippen LogP) is 5.19. The summed E-state index contributed by atoms with van der Waals surface area (Å²) in [5.74, 6) is 0.848. The number of rotatable bonds is 4. The van der Waals surface area contributed by atoms with E-state index < -0.39 is 0 Å². The Kier molecular flexibility index (Phi) is 4.69. The average Bonchev–Trinajstić information content (AvgIpc) is 2.90. The topological polar surface area (TPSA) is 24.9 Å². The number of aromatic nitrogens is 1. The second kappa shape index (κ2) is 6.89. The Balaban J connectivity index is 1.61. The molecule has 0 bridgehead atoms. The number of benzene rings is 1. The molecule has 0 atom stereocenters. The highest BCUT2D eigenvalue weighted by Gasteiger charge is 2.12. The Bertz CT molecular complexity index is 514. The van der Waals surface area contributed by atoms with Gasteiger partial charge in [-0.25, -0.2) is 4.98 Å². The molecule has 2 nitrogen and oxygen atoms in total. The van der Waals surface area contributed by atoms with Gasteiger partial charge in [-0.05, 0) is 30.9 Å². The molecule has 0 amide bonds. The smallest absolute Gasteiger partial charge is 0.123 e. The molecule has 2 aromatic rings. The van der Waals surface area contributed by atoms with Gasteiger partial charge >= 0.3 is 0 Å². The molecule has 0 spiro atoms. The minimum Gasteiger partial charge on any atom is -0.385 e. The normalized spacial score (nSPS) is 16.8. The zero-order valence-corrected chi connectivity index (χ0v) is 12.7. The highest BCUT2D eigenvalue weighted by atomic mass is 32.1. The molecule has 1 saturated carbocycles. The van der Waals surface area contributed by atoms with Crippen LogP contribution in [0, 0.1) is 5.92 Å². The molecular weight excluding hydrogens is 264 g/mol. The summed E-state index contributed by atoms with van der Waals surface area (Å²) in [6, 6.07) is 8.63. The lowest BCUT2D eigenvalue weighted by molar-refractivity contribution is 0.483. The van der Waals surface area contributed by atoms with Crippen molar-refractivity contribution >= 4 is 17.0 Å². The van der Waals surface area contributed by atoms with E-state index in [0.29, 0.717) is 0 Å². The molecule has 1 aliphatic rings. The van der Waals surface area contributed by atoms with Crippen molar-refractivity contribution in [3.05, 3.63) is 35.8 Å². The molecule has 1 heterocycles. The number of nitrogens with zero attached hydrogens (tertiary/aromatic N) is 1. The molecule has 0 radical (unpaired) electrons. The number of thiazole rings is 1. The summed E-state index contributed by atoms with van der Waals surface area (Å²) in [5.41, 5.74) is 2.44. The van der Waals surface area contributed by atoms with E-state index in [9.17, 15) is 0 Å². The molecule has 3 rings (SSSR count). The SMILES string of the molecule is c1cc(NCC2CCCCCC2)cc(-c2nccs2)c1. The van der Waals surface area contributed by atoms with Crippen LogP contribution in [0.4, 0.5) is 5.69 Å². The molecule has 0 saturated heterocycles. The molecule has 3 heteroatoms. The quantitative estimate of drug-likeness (QED) is 0.782. The second-order valence-electron chi connectivity index (χ2n) is 5.66. The molecule has 20 heavy (non-hydrogen) atoms. The number of hydrogen-bond acceptors (Lipinski definition) is 3. The third kappa shape index (κ3) is 3.60. The van der Waals surface area contributed by atoms with E-state index in [2.05, 4.69) is 34.6 Å². The second-order valence-corrected chi connectivity index (χ2v) is 6.55. The van der Waals surface area contributed by atoms with Crippen molar-refractivity contribution in [3.63, 3.8) is 0 Å². The van der Waals surface area contributed by atoms with Gasteiger partial charge in [0.2, 0.25) is 0 Å². The van der Waals surface area contributed by atoms with Crippen molar-refractivity contribution in [2.75, 3.05) is 11.9 Å². The van der Waals surface area contributed by atoms with E-state index >= 15 is 0 Å². The first-order chi connectivity index (χ1) is 9.92. The lowest BCUT2D eigenvalue weighted by atomic mass is 10.0. The maximum atomic E-state index is 4.38. The van der Waals surface area contributed by atoms with Crippen LogP contribution < -0.4 is 5.32 Å². The van der Waals surface area contributed by atoms with Crippen molar-refractivity contribution in [2.45, 2.75) is 38.5 Å². The van der Waals surface area contributed by atoms with Gasteiger partial charge in [-0.1, -0.05) is 37.8 Å².